The molecule has 0 unspecified atom stereocenters. The van der Waals surface area contributed by atoms with Crippen molar-refractivity contribution in [1.82, 2.24) is 0 Å². The molecule has 8 heteroatoms. The van der Waals surface area contributed by atoms with Gasteiger partial charge in [-0.2, -0.15) is 8.42 Å². The topological polar surface area (TPSA) is 100 Å². The second-order valence-corrected chi connectivity index (χ2v) is 7.38. The van der Waals surface area contributed by atoms with Crippen LogP contribution < -0.4 is 4.90 Å². The van der Waals surface area contributed by atoms with Gasteiger partial charge in [-0.25, -0.2) is 4.99 Å². The van der Waals surface area contributed by atoms with Crippen molar-refractivity contribution >= 4 is 33.6 Å². The number of amidine groups is 1. The van der Waals surface area contributed by atoms with Crippen LogP contribution in [0.3, 0.4) is 0 Å². The number of hydrogen-bond acceptors (Lipinski definition) is 5. The van der Waals surface area contributed by atoms with Gasteiger partial charge in [-0.1, -0.05) is 30.3 Å². The molecule has 0 fully saturated rings. The van der Waals surface area contributed by atoms with Gasteiger partial charge >= 0.3 is 0 Å². The second-order valence-electron chi connectivity index (χ2n) is 5.96. The Bertz CT molecular complexity index is 1180. The third kappa shape index (κ3) is 3.38. The minimum atomic E-state index is -4.32. The van der Waals surface area contributed by atoms with Gasteiger partial charge in [0.25, 0.3) is 16.0 Å². The lowest BCUT2D eigenvalue weighted by atomic mass is 10.2. The maximum atomic E-state index is 13.0. The van der Waals surface area contributed by atoms with Crippen molar-refractivity contribution in [3.63, 3.8) is 0 Å². The van der Waals surface area contributed by atoms with Crippen LogP contribution in [0.2, 0.25) is 0 Å². The molecule has 3 aromatic rings. The van der Waals surface area contributed by atoms with Gasteiger partial charge in [-0.3, -0.25) is 14.2 Å². The highest BCUT2D eigenvalue weighted by Crippen LogP contribution is 2.28. The van der Waals surface area contributed by atoms with Crippen molar-refractivity contribution in [2.75, 3.05) is 4.90 Å². The Morgan fingerprint density at radius 2 is 1.68 bits per heavy atom. The standard InChI is InChI=1S/C20H14N2O5S/c23-20-18(13-16-7-4-12-27-16)21-19(14-5-2-1-3-6-14)22(20)15-8-10-17(11-9-15)28(24,25)26/h1-13H,(H,24,25,26). The van der Waals surface area contributed by atoms with E-state index in [-0.39, 0.29) is 16.5 Å². The summed E-state index contributed by atoms with van der Waals surface area (Å²) >= 11 is 0. The molecule has 1 aliphatic heterocycles. The molecule has 7 nitrogen and oxygen atoms in total. The van der Waals surface area contributed by atoms with Crippen LogP contribution >= 0.6 is 0 Å². The third-order valence-corrected chi connectivity index (χ3v) is 4.98. The Morgan fingerprint density at radius 3 is 2.29 bits per heavy atom. The molecule has 28 heavy (non-hydrogen) atoms. The van der Waals surface area contributed by atoms with Gasteiger partial charge in [-0.05, 0) is 36.4 Å². The van der Waals surface area contributed by atoms with E-state index < -0.39 is 10.1 Å². The Balaban J connectivity index is 1.80. The van der Waals surface area contributed by atoms with Gasteiger partial charge in [-0.15, -0.1) is 0 Å². The Labute approximate surface area is 161 Å². The van der Waals surface area contributed by atoms with Gasteiger partial charge in [0.1, 0.15) is 17.3 Å². The van der Waals surface area contributed by atoms with E-state index >= 15 is 0 Å². The smallest absolute Gasteiger partial charge is 0.294 e. The molecule has 0 bridgehead atoms. The first kappa shape index (κ1) is 17.9. The van der Waals surface area contributed by atoms with Crippen molar-refractivity contribution in [3.05, 3.63) is 90.0 Å². The van der Waals surface area contributed by atoms with E-state index in [1.54, 1.807) is 12.1 Å². The van der Waals surface area contributed by atoms with E-state index in [9.17, 15) is 13.2 Å². The van der Waals surface area contributed by atoms with Gasteiger partial charge in [0, 0.05) is 11.6 Å². The number of amides is 1. The summed E-state index contributed by atoms with van der Waals surface area (Å²) in [5.74, 6) is 0.515. The normalized spacial score (nSPS) is 15.9. The maximum Gasteiger partial charge on any atom is 0.294 e. The minimum Gasteiger partial charge on any atom is -0.465 e. The van der Waals surface area contributed by atoms with Crippen molar-refractivity contribution in [2.45, 2.75) is 4.90 Å². The summed E-state index contributed by atoms with van der Waals surface area (Å²) in [7, 11) is -4.32. The maximum absolute atomic E-state index is 13.0. The number of furan rings is 1. The van der Waals surface area contributed by atoms with Gasteiger partial charge in [0.15, 0.2) is 0 Å². The first-order chi connectivity index (χ1) is 13.4. The highest BCUT2D eigenvalue weighted by Gasteiger charge is 2.32. The van der Waals surface area contributed by atoms with E-state index in [0.717, 1.165) is 5.56 Å². The fourth-order valence-electron chi connectivity index (χ4n) is 2.81. The van der Waals surface area contributed by atoms with Crippen molar-refractivity contribution < 1.29 is 22.2 Å². The Kier molecular flexibility index (Phi) is 4.42. The predicted octanol–water partition coefficient (Wildman–Crippen LogP) is 3.36. The summed E-state index contributed by atoms with van der Waals surface area (Å²) in [6.45, 7) is 0. The Morgan fingerprint density at radius 1 is 0.964 bits per heavy atom. The van der Waals surface area contributed by atoms with Crippen LogP contribution in [0.4, 0.5) is 5.69 Å². The fourth-order valence-corrected chi connectivity index (χ4v) is 3.29. The number of benzene rings is 2. The molecule has 0 spiro atoms. The van der Waals surface area contributed by atoms with Crippen molar-refractivity contribution in [2.24, 2.45) is 4.99 Å². The molecule has 1 N–H and O–H groups in total. The fraction of sp³-hybridized carbons (Fsp3) is 0. The zero-order valence-electron chi connectivity index (χ0n) is 14.4. The zero-order chi connectivity index (χ0) is 19.7. The minimum absolute atomic E-state index is 0.188. The SMILES string of the molecule is O=C1C(=Cc2ccco2)N=C(c2ccccc2)N1c1ccc(S(=O)(=O)O)cc1. The van der Waals surface area contributed by atoms with Gasteiger partial charge < -0.3 is 4.42 Å². The lowest BCUT2D eigenvalue weighted by Gasteiger charge is -2.18. The molecule has 1 aromatic heterocycles. The highest BCUT2D eigenvalue weighted by atomic mass is 32.2. The molecule has 1 amide bonds. The van der Waals surface area contributed by atoms with E-state index in [4.69, 9.17) is 8.97 Å². The van der Waals surface area contributed by atoms with Crippen molar-refractivity contribution in [3.8, 4) is 0 Å². The summed E-state index contributed by atoms with van der Waals surface area (Å²) in [6.07, 6.45) is 3.04. The Hall–Kier alpha value is -3.49. The number of hydrogen-bond donors (Lipinski definition) is 1. The molecule has 0 saturated carbocycles. The lowest BCUT2D eigenvalue weighted by Crippen LogP contribution is -2.32. The van der Waals surface area contributed by atoms with E-state index in [1.165, 1.54) is 41.5 Å². The highest BCUT2D eigenvalue weighted by molar-refractivity contribution is 7.85. The molecular formula is C20H14N2O5S. The largest absolute Gasteiger partial charge is 0.465 e. The third-order valence-electron chi connectivity index (χ3n) is 4.11. The molecule has 0 atom stereocenters. The zero-order valence-corrected chi connectivity index (χ0v) is 15.2. The number of nitrogens with zero attached hydrogens (tertiary/aromatic N) is 2. The first-order valence-electron chi connectivity index (χ1n) is 8.25. The number of rotatable bonds is 4. The summed E-state index contributed by atoms with van der Waals surface area (Å²) in [5.41, 5.74) is 1.33. The number of carbonyl (C=O) groups excluding carboxylic acids is 1. The van der Waals surface area contributed by atoms with Crippen LogP contribution in [0, 0.1) is 0 Å². The van der Waals surface area contributed by atoms with Gasteiger partial charge in [0.05, 0.1) is 16.8 Å². The van der Waals surface area contributed by atoms with E-state index in [0.29, 0.717) is 17.3 Å². The molecule has 140 valence electrons. The molecule has 2 aromatic carbocycles. The van der Waals surface area contributed by atoms with E-state index in [2.05, 4.69) is 4.99 Å². The number of anilines is 1. The molecule has 2 heterocycles. The quantitative estimate of drug-likeness (QED) is 0.540. The molecular weight excluding hydrogens is 380 g/mol. The lowest BCUT2D eigenvalue weighted by molar-refractivity contribution is -0.113. The average Bonchev–Trinajstić information content (AvgIpc) is 3.31. The molecule has 0 aliphatic carbocycles. The molecule has 1 aliphatic rings. The van der Waals surface area contributed by atoms with Crippen LogP contribution in [0.1, 0.15) is 11.3 Å². The van der Waals surface area contributed by atoms with E-state index in [1.807, 2.05) is 30.3 Å². The van der Waals surface area contributed by atoms with Crippen LogP contribution in [-0.2, 0) is 14.9 Å². The molecule has 0 saturated heterocycles. The van der Waals surface area contributed by atoms with Crippen LogP contribution in [0.5, 0.6) is 0 Å². The van der Waals surface area contributed by atoms with Crippen LogP contribution in [0.25, 0.3) is 6.08 Å². The van der Waals surface area contributed by atoms with Crippen molar-refractivity contribution in [1.29, 1.82) is 0 Å². The predicted molar refractivity (Wildman–Crippen MR) is 103 cm³/mol. The summed E-state index contributed by atoms with van der Waals surface area (Å²) in [5, 5.41) is 0. The van der Waals surface area contributed by atoms with Crippen LogP contribution in [-0.4, -0.2) is 24.7 Å². The second kappa shape index (κ2) is 6.91. The summed E-state index contributed by atoms with van der Waals surface area (Å²) in [4.78, 5) is 18.6. The number of aliphatic imine (C=N–C) groups is 1. The summed E-state index contributed by atoms with van der Waals surface area (Å²) in [6, 6.07) is 17.9. The first-order valence-corrected chi connectivity index (χ1v) is 9.69. The monoisotopic (exact) mass is 394 g/mol. The summed E-state index contributed by atoms with van der Waals surface area (Å²) < 4.78 is 37.0. The molecule has 4 rings (SSSR count). The van der Waals surface area contributed by atoms with Gasteiger partial charge in [0.2, 0.25) is 0 Å². The number of carbonyl (C=O) groups is 1. The van der Waals surface area contributed by atoms with Crippen LogP contribution in [0.15, 0.2) is 93.0 Å². The molecule has 0 radical (unpaired) electrons. The average molecular weight is 394 g/mol.